The predicted octanol–water partition coefficient (Wildman–Crippen LogP) is 1.07. The van der Waals surface area contributed by atoms with E-state index in [2.05, 4.69) is 12.1 Å². The highest BCUT2D eigenvalue weighted by molar-refractivity contribution is 5.52. The maximum Gasteiger partial charge on any atom is 0.122 e. The highest BCUT2D eigenvalue weighted by atomic mass is 16.3. The van der Waals surface area contributed by atoms with Gasteiger partial charge in [0.15, 0.2) is 0 Å². The molecule has 3 heteroatoms. The Morgan fingerprint density at radius 2 is 1.94 bits per heavy atom. The Hall–Kier alpha value is -1.19. The lowest BCUT2D eigenvalue weighted by Crippen LogP contribution is -2.51. The average Bonchev–Trinajstić information content (AvgIpc) is 2.69. The molecule has 1 atom stereocenters. The van der Waals surface area contributed by atoms with Crippen LogP contribution in [-0.2, 0) is 17.6 Å². The number of aliphatic hydroxyl groups is 1. The van der Waals surface area contributed by atoms with Gasteiger partial charge in [-0.3, -0.25) is 0 Å². The van der Waals surface area contributed by atoms with Crippen molar-refractivity contribution in [1.82, 2.24) is 0 Å². The van der Waals surface area contributed by atoms with Gasteiger partial charge in [0.25, 0.3) is 0 Å². The highest BCUT2D eigenvalue weighted by Gasteiger charge is 2.49. The summed E-state index contributed by atoms with van der Waals surface area (Å²) in [6.07, 6.45) is 2.42. The zero-order valence-corrected chi connectivity index (χ0v) is 10.1. The summed E-state index contributed by atoms with van der Waals surface area (Å²) in [6, 6.07) is 8.15. The topological polar surface area (TPSA) is 63.3 Å². The van der Waals surface area contributed by atoms with E-state index in [1.807, 2.05) is 12.1 Å². The number of carbonyl (C=O) groups is 1. The molecule has 2 rings (SSSR count). The van der Waals surface area contributed by atoms with Crippen LogP contribution < -0.4 is 5.73 Å². The van der Waals surface area contributed by atoms with E-state index in [0.717, 1.165) is 19.1 Å². The molecule has 0 fully saturated rings. The second-order valence-corrected chi connectivity index (χ2v) is 5.25. The third-order valence-corrected chi connectivity index (χ3v) is 4.19. The van der Waals surface area contributed by atoms with E-state index in [9.17, 15) is 9.90 Å². The third kappa shape index (κ3) is 1.90. The molecule has 1 aliphatic rings. The van der Waals surface area contributed by atoms with E-state index in [4.69, 9.17) is 5.73 Å². The number of hydrogen-bond donors (Lipinski definition) is 2. The van der Waals surface area contributed by atoms with Crippen LogP contribution >= 0.6 is 0 Å². The van der Waals surface area contributed by atoms with Crippen molar-refractivity contribution in [3.8, 4) is 0 Å². The standard InChI is InChI=1S/C14H19NO2/c1-13(17,6-7-16)14(10-15)8-11-4-2-3-5-12(11)9-14/h2-5,7,17H,6,8-10,15H2,1H3. The summed E-state index contributed by atoms with van der Waals surface area (Å²) in [6.45, 7) is 2.11. The quantitative estimate of drug-likeness (QED) is 0.765. The van der Waals surface area contributed by atoms with E-state index in [1.54, 1.807) is 6.92 Å². The second-order valence-electron chi connectivity index (χ2n) is 5.25. The minimum Gasteiger partial charge on any atom is -0.389 e. The Labute approximate surface area is 102 Å². The SMILES string of the molecule is CC(O)(CC=O)C1(CN)Cc2ccccc2C1. The minimum atomic E-state index is -1.04. The van der Waals surface area contributed by atoms with Gasteiger partial charge in [0.1, 0.15) is 6.29 Å². The number of rotatable bonds is 4. The van der Waals surface area contributed by atoms with Gasteiger partial charge in [-0.15, -0.1) is 0 Å². The lowest BCUT2D eigenvalue weighted by Gasteiger charge is -2.41. The Morgan fingerprint density at radius 1 is 1.41 bits per heavy atom. The summed E-state index contributed by atoms with van der Waals surface area (Å²) in [5.41, 5.74) is 6.92. The van der Waals surface area contributed by atoms with Crippen LogP contribution in [0.25, 0.3) is 0 Å². The van der Waals surface area contributed by atoms with Gasteiger partial charge in [-0.2, -0.15) is 0 Å². The van der Waals surface area contributed by atoms with Crippen molar-refractivity contribution < 1.29 is 9.90 Å². The van der Waals surface area contributed by atoms with Crippen LogP contribution in [0.2, 0.25) is 0 Å². The molecule has 0 aromatic heterocycles. The van der Waals surface area contributed by atoms with Crippen molar-refractivity contribution in [2.75, 3.05) is 6.54 Å². The summed E-state index contributed by atoms with van der Waals surface area (Å²) in [7, 11) is 0. The van der Waals surface area contributed by atoms with E-state index in [0.29, 0.717) is 6.54 Å². The summed E-state index contributed by atoms with van der Waals surface area (Å²) in [5, 5.41) is 10.5. The molecule has 92 valence electrons. The van der Waals surface area contributed by atoms with Crippen LogP contribution in [0.5, 0.6) is 0 Å². The van der Waals surface area contributed by atoms with Gasteiger partial charge in [-0.25, -0.2) is 0 Å². The molecular formula is C14H19NO2. The van der Waals surface area contributed by atoms with Crippen LogP contribution in [0.15, 0.2) is 24.3 Å². The van der Waals surface area contributed by atoms with E-state index in [-0.39, 0.29) is 6.42 Å². The smallest absolute Gasteiger partial charge is 0.122 e. The molecule has 1 aromatic rings. The van der Waals surface area contributed by atoms with Gasteiger partial charge in [0, 0.05) is 18.4 Å². The Balaban J connectivity index is 2.35. The monoisotopic (exact) mass is 233 g/mol. The molecule has 1 aliphatic carbocycles. The van der Waals surface area contributed by atoms with Crippen molar-refractivity contribution in [2.45, 2.75) is 31.8 Å². The lowest BCUT2D eigenvalue weighted by atomic mass is 9.69. The summed E-state index contributed by atoms with van der Waals surface area (Å²) in [4.78, 5) is 10.7. The molecule has 0 saturated carbocycles. The molecule has 3 N–H and O–H groups in total. The van der Waals surface area contributed by atoms with Crippen molar-refractivity contribution >= 4 is 6.29 Å². The molecular weight excluding hydrogens is 214 g/mol. The van der Waals surface area contributed by atoms with Crippen LogP contribution in [0.1, 0.15) is 24.5 Å². The summed E-state index contributed by atoms with van der Waals surface area (Å²) < 4.78 is 0. The number of carbonyl (C=O) groups excluding carboxylic acids is 1. The van der Waals surface area contributed by atoms with E-state index in [1.165, 1.54) is 11.1 Å². The van der Waals surface area contributed by atoms with Crippen LogP contribution in [0, 0.1) is 5.41 Å². The van der Waals surface area contributed by atoms with Crippen molar-refractivity contribution in [3.63, 3.8) is 0 Å². The summed E-state index contributed by atoms with van der Waals surface area (Å²) >= 11 is 0. The van der Waals surface area contributed by atoms with E-state index >= 15 is 0 Å². The number of hydrogen-bond acceptors (Lipinski definition) is 3. The molecule has 1 unspecified atom stereocenters. The number of aldehydes is 1. The second kappa shape index (κ2) is 4.24. The van der Waals surface area contributed by atoms with Gasteiger partial charge >= 0.3 is 0 Å². The minimum absolute atomic E-state index is 0.137. The number of fused-ring (bicyclic) bond motifs is 1. The maximum absolute atomic E-state index is 10.7. The first-order valence-corrected chi connectivity index (χ1v) is 5.97. The first kappa shape index (κ1) is 12.3. The molecule has 0 bridgehead atoms. The molecule has 0 radical (unpaired) electrons. The average molecular weight is 233 g/mol. The highest BCUT2D eigenvalue weighted by Crippen LogP contribution is 2.45. The van der Waals surface area contributed by atoms with Gasteiger partial charge < -0.3 is 15.6 Å². The predicted molar refractivity (Wildman–Crippen MR) is 66.6 cm³/mol. The van der Waals surface area contributed by atoms with Crippen molar-refractivity contribution in [2.24, 2.45) is 11.1 Å². The van der Waals surface area contributed by atoms with Gasteiger partial charge in [-0.05, 0) is 30.9 Å². The van der Waals surface area contributed by atoms with Crippen LogP contribution in [0.3, 0.4) is 0 Å². The molecule has 17 heavy (non-hydrogen) atoms. The summed E-state index contributed by atoms with van der Waals surface area (Å²) in [5.74, 6) is 0. The zero-order valence-electron chi connectivity index (χ0n) is 10.1. The largest absolute Gasteiger partial charge is 0.389 e. The molecule has 0 saturated heterocycles. The normalized spacial score (nSPS) is 20.6. The molecule has 0 spiro atoms. The van der Waals surface area contributed by atoms with Gasteiger partial charge in [-0.1, -0.05) is 24.3 Å². The third-order valence-electron chi connectivity index (χ3n) is 4.19. The maximum atomic E-state index is 10.7. The number of nitrogens with two attached hydrogens (primary N) is 1. The Morgan fingerprint density at radius 3 is 2.35 bits per heavy atom. The fraction of sp³-hybridized carbons (Fsp3) is 0.500. The Bertz CT molecular complexity index is 401. The van der Waals surface area contributed by atoms with E-state index < -0.39 is 11.0 Å². The lowest BCUT2D eigenvalue weighted by molar-refractivity contribution is -0.119. The molecule has 3 nitrogen and oxygen atoms in total. The first-order chi connectivity index (χ1) is 8.04. The first-order valence-electron chi connectivity index (χ1n) is 5.97. The molecule has 0 heterocycles. The van der Waals surface area contributed by atoms with Gasteiger partial charge in [0.05, 0.1) is 5.60 Å². The van der Waals surface area contributed by atoms with Crippen LogP contribution in [-0.4, -0.2) is 23.5 Å². The van der Waals surface area contributed by atoms with Crippen LogP contribution in [0.4, 0.5) is 0 Å². The number of benzene rings is 1. The fourth-order valence-electron chi connectivity index (χ4n) is 2.82. The molecule has 1 aromatic carbocycles. The van der Waals surface area contributed by atoms with Gasteiger partial charge in [0.2, 0.25) is 0 Å². The van der Waals surface area contributed by atoms with Crippen molar-refractivity contribution in [3.05, 3.63) is 35.4 Å². The molecule has 0 amide bonds. The fourth-order valence-corrected chi connectivity index (χ4v) is 2.82. The zero-order chi connectivity index (χ0) is 12.5. The molecule has 0 aliphatic heterocycles. The van der Waals surface area contributed by atoms with Crippen molar-refractivity contribution in [1.29, 1.82) is 0 Å². The Kier molecular flexibility index (Phi) is 3.06.